The van der Waals surface area contributed by atoms with Gasteiger partial charge in [-0.3, -0.25) is 4.79 Å². The van der Waals surface area contributed by atoms with Crippen LogP contribution in [-0.2, 0) is 11.3 Å². The Balaban J connectivity index is 3.15. The zero-order valence-electron chi connectivity index (χ0n) is 12.4. The second-order valence-electron chi connectivity index (χ2n) is 4.36. The average molecular weight is 299 g/mol. The number of hydrogen-bond acceptors (Lipinski definition) is 6. The van der Waals surface area contributed by atoms with Crippen LogP contribution in [0.2, 0.25) is 0 Å². The Morgan fingerprint density at radius 3 is 2.30 bits per heavy atom. The van der Waals surface area contributed by atoms with E-state index in [-0.39, 0.29) is 11.8 Å². The second kappa shape index (κ2) is 7.40. The largest absolute Gasteiger partial charge is 0.493 e. The van der Waals surface area contributed by atoms with Crippen molar-refractivity contribution in [3.8, 4) is 17.2 Å². The van der Waals surface area contributed by atoms with Gasteiger partial charge in [-0.2, -0.15) is 0 Å². The summed E-state index contributed by atoms with van der Waals surface area (Å²) >= 11 is 4.45. The molecule has 6 heteroatoms. The van der Waals surface area contributed by atoms with Crippen LogP contribution in [0, 0.1) is 0 Å². The van der Waals surface area contributed by atoms with E-state index in [1.807, 2.05) is 6.92 Å². The maximum Gasteiger partial charge on any atom is 0.203 e. The highest BCUT2D eigenvalue weighted by Gasteiger charge is 2.20. The Morgan fingerprint density at radius 2 is 1.85 bits per heavy atom. The minimum absolute atomic E-state index is 0.0742. The van der Waals surface area contributed by atoms with E-state index >= 15 is 0 Å². The number of carbonyl (C=O) groups is 1. The van der Waals surface area contributed by atoms with E-state index in [0.717, 1.165) is 5.56 Å². The normalized spacial score (nSPS) is 11.9. The molecule has 1 rings (SSSR count). The molecule has 1 unspecified atom stereocenters. The van der Waals surface area contributed by atoms with Crippen LogP contribution in [0.3, 0.4) is 0 Å². The second-order valence-corrected chi connectivity index (χ2v) is 4.84. The van der Waals surface area contributed by atoms with E-state index in [2.05, 4.69) is 17.9 Å². The predicted molar refractivity (Wildman–Crippen MR) is 80.3 cm³/mol. The topological polar surface area (TPSA) is 56.8 Å². The predicted octanol–water partition coefficient (Wildman–Crippen LogP) is 2.07. The fraction of sp³-hybridized carbons (Fsp3) is 0.500. The van der Waals surface area contributed by atoms with Crippen LogP contribution in [0.15, 0.2) is 11.0 Å². The van der Waals surface area contributed by atoms with Gasteiger partial charge in [0.2, 0.25) is 5.75 Å². The number of ether oxygens (including phenoxy) is 3. The molecule has 1 atom stereocenters. The third-order valence-corrected chi connectivity index (χ3v) is 3.50. The highest BCUT2D eigenvalue weighted by Crippen LogP contribution is 2.43. The molecule has 5 nitrogen and oxygen atoms in total. The van der Waals surface area contributed by atoms with Crippen LogP contribution in [0.25, 0.3) is 0 Å². The molecule has 1 N–H and O–H groups in total. The molecule has 0 saturated carbocycles. The fourth-order valence-electron chi connectivity index (χ4n) is 1.77. The van der Waals surface area contributed by atoms with Gasteiger partial charge in [0, 0.05) is 17.0 Å². The first kappa shape index (κ1) is 16.7. The fourth-order valence-corrected chi connectivity index (χ4v) is 2.07. The zero-order chi connectivity index (χ0) is 15.3. The lowest BCUT2D eigenvalue weighted by atomic mass is 10.1. The number of methoxy groups -OCH3 is 3. The minimum atomic E-state index is -0.236. The highest BCUT2D eigenvalue weighted by atomic mass is 32.1. The molecule has 0 amide bonds. The molecule has 0 spiro atoms. The van der Waals surface area contributed by atoms with Crippen LogP contribution in [0.4, 0.5) is 0 Å². The number of benzene rings is 1. The van der Waals surface area contributed by atoms with Crippen LogP contribution in [-0.4, -0.2) is 33.2 Å². The van der Waals surface area contributed by atoms with E-state index in [9.17, 15) is 4.79 Å². The third-order valence-electron chi connectivity index (χ3n) is 3.10. The Bertz CT molecular complexity index is 491. The van der Waals surface area contributed by atoms with E-state index in [4.69, 9.17) is 14.2 Å². The quantitative estimate of drug-likeness (QED) is 0.755. The third kappa shape index (κ3) is 3.58. The van der Waals surface area contributed by atoms with E-state index in [0.29, 0.717) is 28.7 Å². The van der Waals surface area contributed by atoms with Crippen molar-refractivity contribution in [1.82, 2.24) is 5.32 Å². The number of carbonyl (C=O) groups excluding carboxylic acids is 1. The summed E-state index contributed by atoms with van der Waals surface area (Å²) in [6, 6.07) is 1.53. The minimum Gasteiger partial charge on any atom is -0.493 e. The standard InChI is InChI=1S/C14H21NO4S/c1-8(9(2)16)15-7-10-12(20)6-11(17-3)14(19-5)13(10)18-4/h6,8,15,20H,7H2,1-5H3. The van der Waals surface area contributed by atoms with E-state index in [1.165, 1.54) is 0 Å². The first-order valence-electron chi connectivity index (χ1n) is 6.20. The van der Waals surface area contributed by atoms with Crippen molar-refractivity contribution in [2.24, 2.45) is 0 Å². The molecule has 0 aliphatic rings. The Labute approximate surface area is 125 Å². The molecular formula is C14H21NO4S. The molecule has 0 bridgehead atoms. The van der Waals surface area contributed by atoms with Gasteiger partial charge in [0.15, 0.2) is 11.5 Å². The molecule has 0 aliphatic heterocycles. The number of nitrogens with one attached hydrogen (secondary N) is 1. The zero-order valence-corrected chi connectivity index (χ0v) is 13.3. The van der Waals surface area contributed by atoms with E-state index in [1.54, 1.807) is 34.3 Å². The lowest BCUT2D eigenvalue weighted by Gasteiger charge is -2.19. The first-order valence-corrected chi connectivity index (χ1v) is 6.65. The van der Waals surface area contributed by atoms with Crippen LogP contribution < -0.4 is 19.5 Å². The molecule has 0 aromatic heterocycles. The van der Waals surface area contributed by atoms with Crippen molar-refractivity contribution in [3.63, 3.8) is 0 Å². The molecule has 20 heavy (non-hydrogen) atoms. The van der Waals surface area contributed by atoms with Gasteiger partial charge in [-0.05, 0) is 19.9 Å². The summed E-state index contributed by atoms with van der Waals surface area (Å²) in [6.45, 7) is 3.81. The SMILES string of the molecule is COc1cc(S)c(CNC(C)C(C)=O)c(OC)c1OC. The van der Waals surface area contributed by atoms with Crippen LogP contribution in [0.1, 0.15) is 19.4 Å². The summed E-state index contributed by atoms with van der Waals surface area (Å²) < 4.78 is 16.0. The maximum absolute atomic E-state index is 11.3. The number of thiol groups is 1. The van der Waals surface area contributed by atoms with Gasteiger partial charge >= 0.3 is 0 Å². The number of rotatable bonds is 7. The molecule has 1 aromatic rings. The Hall–Kier alpha value is -1.40. The van der Waals surface area contributed by atoms with Crippen molar-refractivity contribution in [2.75, 3.05) is 21.3 Å². The molecule has 1 aromatic carbocycles. The average Bonchev–Trinajstić information content (AvgIpc) is 2.43. The Morgan fingerprint density at radius 1 is 1.25 bits per heavy atom. The van der Waals surface area contributed by atoms with Gasteiger partial charge in [0.05, 0.1) is 27.4 Å². The summed E-state index contributed by atoms with van der Waals surface area (Å²) in [5, 5.41) is 3.13. The van der Waals surface area contributed by atoms with Crippen molar-refractivity contribution in [1.29, 1.82) is 0 Å². The lowest BCUT2D eigenvalue weighted by molar-refractivity contribution is -0.118. The van der Waals surface area contributed by atoms with Crippen molar-refractivity contribution >= 4 is 18.4 Å². The molecule has 112 valence electrons. The number of ketones is 1. The van der Waals surface area contributed by atoms with Gasteiger partial charge in [-0.15, -0.1) is 12.6 Å². The molecule has 0 fully saturated rings. The monoisotopic (exact) mass is 299 g/mol. The van der Waals surface area contributed by atoms with Crippen molar-refractivity contribution in [3.05, 3.63) is 11.6 Å². The molecule has 0 aliphatic carbocycles. The Kier molecular flexibility index (Phi) is 6.16. The summed E-state index contributed by atoms with van der Waals surface area (Å²) in [4.78, 5) is 12.0. The van der Waals surface area contributed by atoms with Gasteiger partial charge < -0.3 is 19.5 Å². The summed E-state index contributed by atoms with van der Waals surface area (Å²) in [5.41, 5.74) is 0.821. The van der Waals surface area contributed by atoms with Crippen LogP contribution >= 0.6 is 12.6 Å². The smallest absolute Gasteiger partial charge is 0.203 e. The lowest BCUT2D eigenvalue weighted by Crippen LogP contribution is -2.32. The van der Waals surface area contributed by atoms with Gasteiger partial charge in [-0.1, -0.05) is 0 Å². The molecule has 0 saturated heterocycles. The first-order chi connectivity index (χ1) is 9.46. The van der Waals surface area contributed by atoms with Crippen molar-refractivity contribution < 1.29 is 19.0 Å². The van der Waals surface area contributed by atoms with Gasteiger partial charge in [0.1, 0.15) is 5.78 Å². The summed E-state index contributed by atoms with van der Waals surface area (Å²) in [6.07, 6.45) is 0. The highest BCUT2D eigenvalue weighted by molar-refractivity contribution is 7.80. The van der Waals surface area contributed by atoms with Gasteiger partial charge in [-0.25, -0.2) is 0 Å². The maximum atomic E-state index is 11.3. The summed E-state index contributed by atoms with van der Waals surface area (Å²) in [7, 11) is 4.66. The van der Waals surface area contributed by atoms with Gasteiger partial charge in [0.25, 0.3) is 0 Å². The molecule has 0 heterocycles. The summed E-state index contributed by atoms with van der Waals surface area (Å²) in [5.74, 6) is 1.70. The number of hydrogen-bond donors (Lipinski definition) is 2. The molecule has 0 radical (unpaired) electrons. The number of Topliss-reactive ketones (excluding diaryl/α,β-unsaturated/α-hetero) is 1. The van der Waals surface area contributed by atoms with E-state index < -0.39 is 0 Å². The van der Waals surface area contributed by atoms with Crippen LogP contribution in [0.5, 0.6) is 17.2 Å². The molecular weight excluding hydrogens is 278 g/mol. The van der Waals surface area contributed by atoms with Crippen molar-refractivity contribution in [2.45, 2.75) is 31.3 Å².